The second kappa shape index (κ2) is 9.11. The average Bonchev–Trinajstić information content (AvgIpc) is 3.39. The zero-order chi connectivity index (χ0) is 23.7. The normalized spacial score (nSPS) is 15.6. The molecule has 3 aromatic heterocycles. The number of pyridine rings is 2. The predicted octanol–water partition coefficient (Wildman–Crippen LogP) is 2.09. The molecule has 4 heterocycles. The van der Waals surface area contributed by atoms with Crippen LogP contribution in [0.4, 0.5) is 0 Å². The number of hydrogen-bond donors (Lipinski definition) is 2. The van der Waals surface area contributed by atoms with Crippen LogP contribution < -0.4 is 21.1 Å². The molecular weight excluding hydrogens is 434 g/mol. The number of carbonyl (C=O) groups is 1. The summed E-state index contributed by atoms with van der Waals surface area (Å²) in [7, 11) is 1.60. The Morgan fingerprint density at radius 3 is 2.82 bits per heavy atom. The summed E-state index contributed by atoms with van der Waals surface area (Å²) in [4.78, 5) is 31.1. The number of rotatable bonds is 6. The van der Waals surface area contributed by atoms with Gasteiger partial charge in [0.05, 0.1) is 30.7 Å². The monoisotopic (exact) mass is 459 g/mol. The van der Waals surface area contributed by atoms with Crippen LogP contribution in [-0.4, -0.2) is 46.2 Å². The van der Waals surface area contributed by atoms with E-state index in [1.165, 1.54) is 10.5 Å². The van der Waals surface area contributed by atoms with Crippen LogP contribution in [0.5, 0.6) is 5.75 Å². The molecule has 0 spiro atoms. The molecule has 174 valence electrons. The van der Waals surface area contributed by atoms with E-state index in [4.69, 9.17) is 14.9 Å². The fourth-order valence-electron chi connectivity index (χ4n) is 4.23. The van der Waals surface area contributed by atoms with Crippen LogP contribution in [-0.2, 0) is 11.3 Å². The summed E-state index contributed by atoms with van der Waals surface area (Å²) >= 11 is 0. The van der Waals surface area contributed by atoms with Gasteiger partial charge < -0.3 is 19.4 Å². The van der Waals surface area contributed by atoms with E-state index < -0.39 is 5.91 Å². The maximum atomic E-state index is 13.3. The van der Waals surface area contributed by atoms with Gasteiger partial charge in [-0.3, -0.25) is 19.4 Å². The van der Waals surface area contributed by atoms with Gasteiger partial charge in [0.2, 0.25) is 0 Å². The van der Waals surface area contributed by atoms with Crippen LogP contribution >= 0.6 is 0 Å². The van der Waals surface area contributed by atoms with Crippen molar-refractivity contribution in [2.24, 2.45) is 0 Å². The minimum absolute atomic E-state index is 0.0136. The lowest BCUT2D eigenvalue weighted by Crippen LogP contribution is -2.38. The first-order valence-electron chi connectivity index (χ1n) is 11.2. The van der Waals surface area contributed by atoms with Crippen molar-refractivity contribution < 1.29 is 14.3 Å². The van der Waals surface area contributed by atoms with Crippen molar-refractivity contribution in [1.29, 1.82) is 5.41 Å². The Labute approximate surface area is 195 Å². The number of ether oxygens (including phenoxy) is 2. The molecule has 1 aliphatic rings. The summed E-state index contributed by atoms with van der Waals surface area (Å²) in [5.74, 6) is 0.303. The summed E-state index contributed by atoms with van der Waals surface area (Å²) < 4.78 is 13.9. The molecule has 1 saturated heterocycles. The molecule has 1 aliphatic heterocycles. The largest absolute Gasteiger partial charge is 0.497 e. The topological polar surface area (TPSA) is 111 Å². The molecule has 0 unspecified atom stereocenters. The van der Waals surface area contributed by atoms with Gasteiger partial charge in [-0.25, -0.2) is 4.98 Å². The van der Waals surface area contributed by atoms with Gasteiger partial charge in [0.15, 0.2) is 0 Å². The summed E-state index contributed by atoms with van der Waals surface area (Å²) in [6.45, 7) is 1.32. The van der Waals surface area contributed by atoms with Gasteiger partial charge in [0.25, 0.3) is 11.5 Å². The van der Waals surface area contributed by atoms with Crippen LogP contribution in [0.25, 0.3) is 16.7 Å². The molecule has 1 aromatic carbocycles. The second-order valence-electron chi connectivity index (χ2n) is 8.27. The van der Waals surface area contributed by atoms with Crippen molar-refractivity contribution >= 4 is 22.6 Å². The molecule has 0 saturated carbocycles. The quantitative estimate of drug-likeness (QED) is 0.429. The number of nitrogens with zero attached hydrogens (tertiary/aromatic N) is 3. The first kappa shape index (κ1) is 21.8. The van der Waals surface area contributed by atoms with Gasteiger partial charge in [0, 0.05) is 19.3 Å². The zero-order valence-corrected chi connectivity index (χ0v) is 18.8. The van der Waals surface area contributed by atoms with E-state index in [9.17, 15) is 9.59 Å². The Morgan fingerprint density at radius 1 is 1.26 bits per heavy atom. The van der Waals surface area contributed by atoms with E-state index in [2.05, 4.69) is 10.3 Å². The van der Waals surface area contributed by atoms with Crippen molar-refractivity contribution in [2.75, 3.05) is 20.3 Å². The van der Waals surface area contributed by atoms with Crippen LogP contribution in [0.1, 0.15) is 28.8 Å². The minimum Gasteiger partial charge on any atom is -0.497 e. The highest BCUT2D eigenvalue weighted by Gasteiger charge is 2.20. The molecule has 5 rings (SSSR count). The molecule has 4 aromatic rings. The minimum atomic E-state index is -0.413. The van der Waals surface area contributed by atoms with E-state index in [1.54, 1.807) is 36.1 Å². The van der Waals surface area contributed by atoms with Crippen molar-refractivity contribution in [2.45, 2.75) is 25.5 Å². The Balaban J connectivity index is 1.64. The van der Waals surface area contributed by atoms with Crippen LogP contribution in [0.3, 0.4) is 0 Å². The number of benzene rings is 1. The fourth-order valence-corrected chi connectivity index (χ4v) is 4.23. The van der Waals surface area contributed by atoms with Gasteiger partial charge in [-0.2, -0.15) is 0 Å². The van der Waals surface area contributed by atoms with E-state index in [0.29, 0.717) is 30.2 Å². The van der Waals surface area contributed by atoms with Crippen molar-refractivity contribution in [3.05, 3.63) is 81.7 Å². The van der Waals surface area contributed by atoms with Crippen LogP contribution in [0.2, 0.25) is 0 Å². The summed E-state index contributed by atoms with van der Waals surface area (Å²) in [5.41, 5.74) is 1.52. The molecule has 1 amide bonds. The van der Waals surface area contributed by atoms with Gasteiger partial charge in [-0.15, -0.1) is 0 Å². The van der Waals surface area contributed by atoms with Crippen molar-refractivity contribution in [3.63, 3.8) is 0 Å². The maximum absolute atomic E-state index is 13.3. The standard InChI is InChI=1S/C25H25N5O4/c1-33-17-9-7-16(8-10-17)15-30-22(26)19(24(31)27-14-18-5-4-12-34-18)13-20-23(30)28-21-6-2-3-11-29(21)25(20)32/h2-3,6-11,13,18,26H,4-5,12,14-15H2,1H3,(H,27,31)/t18-/m0/s1. The third-order valence-electron chi connectivity index (χ3n) is 6.08. The number of fused-ring (bicyclic) bond motifs is 2. The molecule has 9 nitrogen and oxygen atoms in total. The highest BCUT2D eigenvalue weighted by Crippen LogP contribution is 2.16. The average molecular weight is 460 g/mol. The van der Waals surface area contributed by atoms with Gasteiger partial charge in [-0.05, 0) is 48.7 Å². The third kappa shape index (κ3) is 4.06. The number of methoxy groups -OCH3 is 1. The number of hydrogen-bond acceptors (Lipinski definition) is 6. The van der Waals surface area contributed by atoms with E-state index in [1.807, 2.05) is 24.3 Å². The highest BCUT2D eigenvalue weighted by molar-refractivity contribution is 5.96. The molecule has 1 atom stereocenters. The van der Waals surface area contributed by atoms with E-state index in [-0.39, 0.29) is 34.6 Å². The Kier molecular flexibility index (Phi) is 5.85. The lowest BCUT2D eigenvalue weighted by Gasteiger charge is -2.16. The van der Waals surface area contributed by atoms with E-state index in [0.717, 1.165) is 18.4 Å². The van der Waals surface area contributed by atoms with Crippen molar-refractivity contribution in [3.8, 4) is 5.75 Å². The Hall–Kier alpha value is -3.98. The lowest BCUT2D eigenvalue weighted by atomic mass is 10.1. The summed E-state index contributed by atoms with van der Waals surface area (Å²) in [6, 6.07) is 14.2. The number of amides is 1. The van der Waals surface area contributed by atoms with Gasteiger partial charge in [0.1, 0.15) is 22.5 Å². The van der Waals surface area contributed by atoms with Gasteiger partial charge in [-0.1, -0.05) is 18.2 Å². The second-order valence-corrected chi connectivity index (χ2v) is 8.27. The van der Waals surface area contributed by atoms with Crippen molar-refractivity contribution in [1.82, 2.24) is 19.3 Å². The van der Waals surface area contributed by atoms with Crippen LogP contribution in [0, 0.1) is 5.41 Å². The zero-order valence-electron chi connectivity index (χ0n) is 18.8. The molecule has 9 heteroatoms. The third-order valence-corrected chi connectivity index (χ3v) is 6.08. The smallest absolute Gasteiger partial charge is 0.267 e. The molecule has 2 N–H and O–H groups in total. The molecule has 0 radical (unpaired) electrons. The Morgan fingerprint density at radius 2 is 2.09 bits per heavy atom. The first-order valence-corrected chi connectivity index (χ1v) is 11.2. The first-order chi connectivity index (χ1) is 16.5. The SMILES string of the molecule is COc1ccc(Cn2c(=N)c(C(=O)NC[C@@H]3CCCO3)cc3c(=O)n4ccccc4nc32)cc1. The number of carbonyl (C=O) groups excluding carboxylic acids is 1. The molecule has 34 heavy (non-hydrogen) atoms. The molecule has 0 bridgehead atoms. The summed E-state index contributed by atoms with van der Waals surface area (Å²) in [5, 5.41) is 12.0. The van der Waals surface area contributed by atoms with Gasteiger partial charge >= 0.3 is 0 Å². The molecular formula is C25H25N5O4. The molecule has 0 aliphatic carbocycles. The Bertz CT molecular complexity index is 1480. The lowest BCUT2D eigenvalue weighted by molar-refractivity contribution is 0.0856. The highest BCUT2D eigenvalue weighted by atomic mass is 16.5. The predicted molar refractivity (Wildman–Crippen MR) is 126 cm³/mol. The summed E-state index contributed by atoms with van der Waals surface area (Å²) in [6.07, 6.45) is 3.48. The molecule has 1 fully saturated rings. The fraction of sp³-hybridized carbons (Fsp3) is 0.280. The maximum Gasteiger partial charge on any atom is 0.267 e. The van der Waals surface area contributed by atoms with Crippen LogP contribution in [0.15, 0.2) is 59.5 Å². The number of nitrogens with one attached hydrogen (secondary N) is 2. The van der Waals surface area contributed by atoms with E-state index >= 15 is 0 Å². The number of aromatic nitrogens is 3.